The third-order valence-electron chi connectivity index (χ3n) is 4.48. The lowest BCUT2D eigenvalue weighted by Crippen LogP contribution is -2.21. The van der Waals surface area contributed by atoms with Gasteiger partial charge >= 0.3 is 5.76 Å². The van der Waals surface area contributed by atoms with Crippen LogP contribution in [0, 0.1) is 0 Å². The molecule has 3 rings (SSSR count). The lowest BCUT2D eigenvalue weighted by Gasteiger charge is -2.06. The van der Waals surface area contributed by atoms with Gasteiger partial charge in [-0.15, -0.1) is 0 Å². The molecule has 0 unspecified atom stereocenters. The fourth-order valence-electron chi connectivity index (χ4n) is 2.93. The van der Waals surface area contributed by atoms with Crippen LogP contribution >= 0.6 is 0 Å². The standard InChI is InChI=1S/C21H23N3O3/c1-2-3-4-5-8-16-10-12-17(13-11-16)19(25)15-24-20(23-27-21(24)26)18-9-6-7-14-22-18/h6-7,9-14H,2-5,8,15H2,1H3. The van der Waals surface area contributed by atoms with Crippen LogP contribution in [-0.2, 0) is 13.0 Å². The molecule has 0 atom stereocenters. The number of hydrogen-bond donors (Lipinski definition) is 0. The van der Waals surface area contributed by atoms with Crippen LogP contribution in [0.15, 0.2) is 58.0 Å². The van der Waals surface area contributed by atoms with Gasteiger partial charge in [0.05, 0.1) is 6.54 Å². The molecule has 140 valence electrons. The molecule has 0 aliphatic heterocycles. The molecule has 0 amide bonds. The van der Waals surface area contributed by atoms with Crippen molar-refractivity contribution in [1.29, 1.82) is 0 Å². The molecular formula is C21H23N3O3. The molecule has 0 fully saturated rings. The molecule has 1 aromatic carbocycles. The van der Waals surface area contributed by atoms with Crippen molar-refractivity contribution >= 4 is 5.78 Å². The van der Waals surface area contributed by atoms with E-state index in [9.17, 15) is 9.59 Å². The number of rotatable bonds is 9. The van der Waals surface area contributed by atoms with E-state index in [-0.39, 0.29) is 18.2 Å². The molecule has 0 spiro atoms. The topological polar surface area (TPSA) is 78.0 Å². The SMILES string of the molecule is CCCCCCc1ccc(C(=O)Cn2c(-c3ccccn3)noc2=O)cc1. The van der Waals surface area contributed by atoms with Gasteiger partial charge in [-0.1, -0.05) is 61.7 Å². The molecule has 2 heterocycles. The summed E-state index contributed by atoms with van der Waals surface area (Å²) < 4.78 is 5.95. The number of benzene rings is 1. The van der Waals surface area contributed by atoms with Gasteiger partial charge in [-0.3, -0.25) is 14.3 Å². The van der Waals surface area contributed by atoms with Gasteiger partial charge in [-0.25, -0.2) is 9.36 Å². The smallest absolute Gasteiger partial charge is 0.295 e. The number of aryl methyl sites for hydroxylation is 1. The summed E-state index contributed by atoms with van der Waals surface area (Å²) >= 11 is 0. The Bertz CT molecular complexity index is 927. The van der Waals surface area contributed by atoms with Crippen LogP contribution in [0.2, 0.25) is 0 Å². The molecular weight excluding hydrogens is 342 g/mol. The Morgan fingerprint density at radius 1 is 1.07 bits per heavy atom. The van der Waals surface area contributed by atoms with Gasteiger partial charge < -0.3 is 0 Å². The summed E-state index contributed by atoms with van der Waals surface area (Å²) in [4.78, 5) is 28.7. The maximum Gasteiger partial charge on any atom is 0.442 e. The van der Waals surface area contributed by atoms with E-state index in [0.29, 0.717) is 11.3 Å². The number of nitrogens with zero attached hydrogens (tertiary/aromatic N) is 3. The molecule has 6 nitrogen and oxygen atoms in total. The number of pyridine rings is 1. The zero-order valence-corrected chi connectivity index (χ0v) is 15.4. The predicted molar refractivity (Wildman–Crippen MR) is 103 cm³/mol. The number of Topliss-reactive ketones (excluding diaryl/α,β-unsaturated/α-hetero) is 1. The largest absolute Gasteiger partial charge is 0.442 e. The highest BCUT2D eigenvalue weighted by Crippen LogP contribution is 2.14. The van der Waals surface area contributed by atoms with E-state index in [4.69, 9.17) is 4.52 Å². The van der Waals surface area contributed by atoms with E-state index < -0.39 is 5.76 Å². The second-order valence-corrected chi connectivity index (χ2v) is 6.50. The molecule has 0 bridgehead atoms. The third kappa shape index (κ3) is 4.78. The van der Waals surface area contributed by atoms with E-state index >= 15 is 0 Å². The monoisotopic (exact) mass is 365 g/mol. The Kier molecular flexibility index (Phi) is 6.30. The summed E-state index contributed by atoms with van der Waals surface area (Å²) in [6, 6.07) is 12.9. The minimum Gasteiger partial charge on any atom is -0.295 e. The molecule has 6 heteroatoms. The molecule has 27 heavy (non-hydrogen) atoms. The number of aromatic nitrogens is 3. The van der Waals surface area contributed by atoms with Gasteiger partial charge in [0.15, 0.2) is 5.78 Å². The van der Waals surface area contributed by atoms with Crippen molar-refractivity contribution in [1.82, 2.24) is 14.7 Å². The van der Waals surface area contributed by atoms with E-state index in [1.54, 1.807) is 24.4 Å². The van der Waals surface area contributed by atoms with E-state index in [0.717, 1.165) is 12.8 Å². The fraction of sp³-hybridized carbons (Fsp3) is 0.333. The first-order valence-electron chi connectivity index (χ1n) is 9.29. The van der Waals surface area contributed by atoms with Crippen LogP contribution in [0.25, 0.3) is 11.5 Å². The minimum absolute atomic E-state index is 0.135. The third-order valence-corrected chi connectivity index (χ3v) is 4.48. The zero-order valence-electron chi connectivity index (χ0n) is 15.4. The van der Waals surface area contributed by atoms with Crippen molar-refractivity contribution in [3.8, 4) is 11.5 Å². The summed E-state index contributed by atoms with van der Waals surface area (Å²) in [5.41, 5.74) is 2.27. The second kappa shape index (κ2) is 9.07. The Balaban J connectivity index is 1.69. The highest BCUT2D eigenvalue weighted by atomic mass is 16.5. The number of carbonyl (C=O) groups is 1. The Labute approximate surface area is 157 Å². The Hall–Kier alpha value is -3.02. The quantitative estimate of drug-likeness (QED) is 0.424. The highest BCUT2D eigenvalue weighted by molar-refractivity contribution is 5.96. The van der Waals surface area contributed by atoms with Crippen molar-refractivity contribution < 1.29 is 9.32 Å². The first kappa shape index (κ1) is 18.8. The summed E-state index contributed by atoms with van der Waals surface area (Å²) in [5, 5.41) is 3.76. The number of ketones is 1. The van der Waals surface area contributed by atoms with Gasteiger partial charge in [0.25, 0.3) is 0 Å². The predicted octanol–water partition coefficient (Wildman–Crippen LogP) is 3.90. The number of unbranched alkanes of at least 4 members (excludes halogenated alkanes) is 3. The van der Waals surface area contributed by atoms with E-state index in [2.05, 4.69) is 17.1 Å². The average molecular weight is 365 g/mol. The molecule has 0 radical (unpaired) electrons. The minimum atomic E-state index is -0.670. The summed E-state index contributed by atoms with van der Waals surface area (Å²) in [5.74, 6) is -0.590. The first-order chi connectivity index (χ1) is 13.2. The Morgan fingerprint density at radius 2 is 1.89 bits per heavy atom. The van der Waals surface area contributed by atoms with Crippen molar-refractivity contribution in [2.45, 2.75) is 45.6 Å². The Morgan fingerprint density at radius 3 is 2.59 bits per heavy atom. The van der Waals surface area contributed by atoms with Gasteiger partial charge in [-0.2, -0.15) is 0 Å². The molecule has 0 N–H and O–H groups in total. The van der Waals surface area contributed by atoms with Crippen molar-refractivity contribution in [3.05, 3.63) is 70.3 Å². The van der Waals surface area contributed by atoms with Gasteiger partial charge in [0.1, 0.15) is 5.69 Å². The number of carbonyl (C=O) groups excluding carboxylic acids is 1. The lowest BCUT2D eigenvalue weighted by atomic mass is 10.0. The van der Waals surface area contributed by atoms with Gasteiger partial charge in [0.2, 0.25) is 5.82 Å². The normalized spacial score (nSPS) is 10.9. The van der Waals surface area contributed by atoms with Gasteiger partial charge in [0, 0.05) is 11.8 Å². The van der Waals surface area contributed by atoms with Crippen molar-refractivity contribution in [2.75, 3.05) is 0 Å². The van der Waals surface area contributed by atoms with Crippen LogP contribution in [0.3, 0.4) is 0 Å². The molecule has 3 aromatic rings. The first-order valence-corrected chi connectivity index (χ1v) is 9.29. The highest BCUT2D eigenvalue weighted by Gasteiger charge is 2.17. The van der Waals surface area contributed by atoms with Crippen molar-refractivity contribution in [3.63, 3.8) is 0 Å². The van der Waals surface area contributed by atoms with Crippen LogP contribution in [0.5, 0.6) is 0 Å². The average Bonchev–Trinajstić information content (AvgIpc) is 3.07. The lowest BCUT2D eigenvalue weighted by molar-refractivity contribution is 0.0969. The van der Waals surface area contributed by atoms with Crippen LogP contribution in [0.1, 0.15) is 48.5 Å². The molecule has 2 aromatic heterocycles. The van der Waals surface area contributed by atoms with Crippen molar-refractivity contribution in [2.24, 2.45) is 0 Å². The van der Waals surface area contributed by atoms with E-state index in [1.165, 1.54) is 29.4 Å². The molecule has 0 aliphatic rings. The number of hydrogen-bond acceptors (Lipinski definition) is 5. The summed E-state index contributed by atoms with van der Waals surface area (Å²) in [7, 11) is 0. The molecule has 0 aliphatic carbocycles. The fourth-order valence-corrected chi connectivity index (χ4v) is 2.93. The van der Waals surface area contributed by atoms with E-state index in [1.807, 2.05) is 24.3 Å². The maximum absolute atomic E-state index is 12.6. The summed E-state index contributed by atoms with van der Waals surface area (Å²) in [6.07, 6.45) is 7.47. The zero-order chi connectivity index (χ0) is 19.1. The molecule has 0 saturated heterocycles. The van der Waals surface area contributed by atoms with Crippen LogP contribution < -0.4 is 5.76 Å². The summed E-state index contributed by atoms with van der Waals surface area (Å²) in [6.45, 7) is 2.06. The second-order valence-electron chi connectivity index (χ2n) is 6.50. The molecule has 0 saturated carbocycles. The maximum atomic E-state index is 12.6. The van der Waals surface area contributed by atoms with Gasteiger partial charge in [-0.05, 0) is 30.5 Å². The van der Waals surface area contributed by atoms with Crippen LogP contribution in [0.4, 0.5) is 0 Å². The van der Waals surface area contributed by atoms with Crippen LogP contribution in [-0.4, -0.2) is 20.5 Å².